The van der Waals surface area contributed by atoms with Crippen LogP contribution in [0.15, 0.2) is 62.1 Å². The molecule has 0 saturated carbocycles. The number of nitrogens with two attached hydrogens (primary N) is 1. The fourth-order valence-electron chi connectivity index (χ4n) is 3.13. The molecule has 0 unspecified atom stereocenters. The van der Waals surface area contributed by atoms with Gasteiger partial charge in [-0.3, -0.25) is 18.7 Å². The average Bonchev–Trinajstić information content (AvgIpc) is 3.52. The van der Waals surface area contributed by atoms with Gasteiger partial charge < -0.3 is 10.5 Å². The van der Waals surface area contributed by atoms with Gasteiger partial charge in [-0.15, -0.1) is 11.3 Å². The maximum absolute atomic E-state index is 12.8. The molecule has 0 radical (unpaired) electrons. The minimum Gasteiger partial charge on any atom is -0.453 e. The first-order valence-corrected chi connectivity index (χ1v) is 11.5. The van der Waals surface area contributed by atoms with E-state index in [0.29, 0.717) is 5.01 Å². The van der Waals surface area contributed by atoms with Crippen molar-refractivity contribution < 1.29 is 14.3 Å². The molecule has 0 aliphatic carbocycles. The highest BCUT2D eigenvalue weighted by atomic mass is 32.1. The molecule has 33 heavy (non-hydrogen) atoms. The van der Waals surface area contributed by atoms with Gasteiger partial charge in [0.05, 0.1) is 6.54 Å². The monoisotopic (exact) mass is 482 g/mol. The average molecular weight is 483 g/mol. The number of thiazole rings is 1. The number of benzene rings is 1. The van der Waals surface area contributed by atoms with E-state index in [1.54, 1.807) is 24.3 Å². The first kappa shape index (κ1) is 22.4. The van der Waals surface area contributed by atoms with E-state index in [9.17, 15) is 19.2 Å². The van der Waals surface area contributed by atoms with Gasteiger partial charge in [0, 0.05) is 23.4 Å². The van der Waals surface area contributed by atoms with Crippen molar-refractivity contribution >= 4 is 40.2 Å². The highest BCUT2D eigenvalue weighted by Crippen LogP contribution is 2.26. The number of nitrogens with zero attached hydrogens (tertiary/aromatic N) is 3. The molecule has 4 rings (SSSR count). The van der Waals surface area contributed by atoms with E-state index in [0.717, 1.165) is 20.3 Å². The Morgan fingerprint density at radius 2 is 1.88 bits per heavy atom. The van der Waals surface area contributed by atoms with Gasteiger partial charge in [0.25, 0.3) is 5.56 Å². The van der Waals surface area contributed by atoms with Gasteiger partial charge in [0.15, 0.2) is 12.3 Å². The Hall–Kier alpha value is -3.83. The summed E-state index contributed by atoms with van der Waals surface area (Å²) in [5.41, 5.74) is 5.86. The van der Waals surface area contributed by atoms with Crippen molar-refractivity contribution in [2.75, 3.05) is 12.3 Å². The molecule has 0 fully saturated rings. The lowest BCUT2D eigenvalue weighted by Gasteiger charge is -2.14. The summed E-state index contributed by atoms with van der Waals surface area (Å²) in [6, 6.07) is 10.9. The van der Waals surface area contributed by atoms with E-state index in [1.165, 1.54) is 35.1 Å². The van der Waals surface area contributed by atoms with Crippen molar-refractivity contribution in [3.8, 4) is 10.6 Å². The number of hydrogen-bond donors (Lipinski definition) is 1. The summed E-state index contributed by atoms with van der Waals surface area (Å²) in [7, 11) is 1.26. The van der Waals surface area contributed by atoms with Gasteiger partial charge in [-0.05, 0) is 17.0 Å². The number of carbonyl (C=O) groups is 2. The van der Waals surface area contributed by atoms with Crippen LogP contribution in [-0.2, 0) is 18.3 Å². The van der Waals surface area contributed by atoms with E-state index in [4.69, 9.17) is 10.5 Å². The number of nitrogen functional groups attached to an aromatic ring is 1. The smallest absolute Gasteiger partial charge is 0.358 e. The zero-order chi connectivity index (χ0) is 23.5. The van der Waals surface area contributed by atoms with Gasteiger partial charge in [0.1, 0.15) is 16.4 Å². The zero-order valence-corrected chi connectivity index (χ0v) is 19.0. The minimum atomic E-state index is -0.851. The molecular weight excluding hydrogens is 464 g/mol. The van der Waals surface area contributed by atoms with Gasteiger partial charge in [-0.25, -0.2) is 14.6 Å². The Morgan fingerprint density at radius 1 is 1.12 bits per heavy atom. The van der Waals surface area contributed by atoms with Crippen molar-refractivity contribution in [3.05, 3.63) is 90.2 Å². The number of thiophene rings is 1. The van der Waals surface area contributed by atoms with E-state index in [-0.39, 0.29) is 18.1 Å². The molecule has 3 heterocycles. The second-order valence-corrected chi connectivity index (χ2v) is 8.67. The van der Waals surface area contributed by atoms with E-state index >= 15 is 0 Å². The Bertz CT molecular complexity index is 1440. The number of esters is 1. The normalized spacial score (nSPS) is 10.8. The van der Waals surface area contributed by atoms with Gasteiger partial charge in [0.2, 0.25) is 5.78 Å². The van der Waals surface area contributed by atoms with E-state index < -0.39 is 35.2 Å². The summed E-state index contributed by atoms with van der Waals surface area (Å²) in [5, 5.41) is 5.99. The standard InChI is InChI=1S/C22H18N4O5S2/c1-25-20(28)17(18(23)26(22(25)30)9-13-5-3-2-4-6-13)16(27)10-31-21(29)15-12-33-19(24-15)14-7-8-32-11-14/h2-8,11-12H,9-10,23H2,1H3. The molecule has 0 aliphatic rings. The quantitative estimate of drug-likeness (QED) is 0.317. The molecule has 0 atom stereocenters. The predicted molar refractivity (Wildman–Crippen MR) is 126 cm³/mol. The molecule has 0 aliphatic heterocycles. The van der Waals surface area contributed by atoms with Crippen molar-refractivity contribution in [2.24, 2.45) is 7.05 Å². The third-order valence-electron chi connectivity index (χ3n) is 4.86. The first-order valence-electron chi connectivity index (χ1n) is 9.68. The predicted octanol–water partition coefficient (Wildman–Crippen LogP) is 2.40. The Kier molecular flexibility index (Phi) is 6.33. The minimum absolute atomic E-state index is 0.0592. The van der Waals surface area contributed by atoms with Crippen LogP contribution < -0.4 is 17.0 Å². The van der Waals surface area contributed by atoms with Crippen LogP contribution in [0, 0.1) is 0 Å². The van der Waals surface area contributed by atoms with Crippen molar-refractivity contribution in [2.45, 2.75) is 6.54 Å². The summed E-state index contributed by atoms with van der Waals surface area (Å²) < 4.78 is 7.03. The van der Waals surface area contributed by atoms with Crippen LogP contribution in [0.1, 0.15) is 26.4 Å². The number of carbonyl (C=O) groups excluding carboxylic acids is 2. The summed E-state index contributed by atoms with van der Waals surface area (Å²) in [5.74, 6) is -1.88. The topological polar surface area (TPSA) is 126 Å². The fraction of sp³-hybridized carbons (Fsp3) is 0.136. The van der Waals surface area contributed by atoms with Crippen LogP contribution in [0.25, 0.3) is 10.6 Å². The summed E-state index contributed by atoms with van der Waals surface area (Å²) in [6.45, 7) is -0.642. The fourth-order valence-corrected chi connectivity index (χ4v) is 4.63. The SMILES string of the molecule is Cn1c(=O)c(C(=O)COC(=O)c2csc(-c3ccsc3)n2)c(N)n(Cc2ccccc2)c1=O. The van der Waals surface area contributed by atoms with Gasteiger partial charge in [-0.2, -0.15) is 11.3 Å². The van der Waals surface area contributed by atoms with E-state index in [1.807, 2.05) is 22.9 Å². The number of ketones is 1. The molecule has 0 amide bonds. The maximum Gasteiger partial charge on any atom is 0.358 e. The highest BCUT2D eigenvalue weighted by molar-refractivity contribution is 7.14. The van der Waals surface area contributed by atoms with Crippen molar-refractivity contribution in [1.29, 1.82) is 0 Å². The Morgan fingerprint density at radius 3 is 2.58 bits per heavy atom. The van der Waals surface area contributed by atoms with E-state index in [2.05, 4.69) is 4.98 Å². The number of anilines is 1. The lowest BCUT2D eigenvalue weighted by atomic mass is 10.2. The molecule has 4 aromatic rings. The van der Waals surface area contributed by atoms with Crippen molar-refractivity contribution in [3.63, 3.8) is 0 Å². The summed E-state index contributed by atoms with van der Waals surface area (Å²) in [6.07, 6.45) is 0. The number of aromatic nitrogens is 3. The second-order valence-electron chi connectivity index (χ2n) is 7.03. The number of rotatable bonds is 7. The third kappa shape index (κ3) is 4.54. The zero-order valence-electron chi connectivity index (χ0n) is 17.4. The molecular formula is C22H18N4O5S2. The first-order chi connectivity index (χ1) is 15.9. The number of Topliss-reactive ketones (excluding diaryl/α,β-unsaturated/α-hetero) is 1. The number of ether oxygens (including phenoxy) is 1. The van der Waals surface area contributed by atoms with Crippen LogP contribution in [0.2, 0.25) is 0 Å². The van der Waals surface area contributed by atoms with Crippen LogP contribution in [0.5, 0.6) is 0 Å². The largest absolute Gasteiger partial charge is 0.453 e. The molecule has 0 saturated heterocycles. The lowest BCUT2D eigenvalue weighted by Crippen LogP contribution is -2.43. The van der Waals surface area contributed by atoms with Crippen LogP contribution >= 0.6 is 22.7 Å². The Balaban J connectivity index is 1.55. The van der Waals surface area contributed by atoms with Crippen LogP contribution in [-0.4, -0.2) is 32.5 Å². The lowest BCUT2D eigenvalue weighted by molar-refractivity contribution is 0.0469. The van der Waals surface area contributed by atoms with Crippen molar-refractivity contribution in [1.82, 2.24) is 14.1 Å². The molecule has 3 aromatic heterocycles. The second kappa shape index (κ2) is 9.35. The Labute approximate surface area is 195 Å². The molecule has 0 spiro atoms. The molecule has 0 bridgehead atoms. The summed E-state index contributed by atoms with van der Waals surface area (Å²) >= 11 is 2.78. The molecule has 1 aromatic carbocycles. The number of hydrogen-bond acceptors (Lipinski definition) is 9. The highest BCUT2D eigenvalue weighted by Gasteiger charge is 2.23. The molecule has 11 heteroatoms. The van der Waals surface area contributed by atoms with Gasteiger partial charge >= 0.3 is 11.7 Å². The molecule has 2 N–H and O–H groups in total. The maximum atomic E-state index is 12.8. The molecule has 168 valence electrons. The third-order valence-corrected chi connectivity index (χ3v) is 6.44. The van der Waals surface area contributed by atoms with Crippen LogP contribution in [0.4, 0.5) is 5.82 Å². The summed E-state index contributed by atoms with van der Waals surface area (Å²) in [4.78, 5) is 54.6. The molecule has 9 nitrogen and oxygen atoms in total. The van der Waals surface area contributed by atoms with Crippen LogP contribution in [0.3, 0.4) is 0 Å². The van der Waals surface area contributed by atoms with Gasteiger partial charge in [-0.1, -0.05) is 30.3 Å².